The number of carbonyl (C=O) groups is 1. The Kier molecular flexibility index (Phi) is 35.0. The third-order valence-corrected chi connectivity index (χ3v) is 3.24. The monoisotopic (exact) mass is 330 g/mol. The maximum Gasteiger partial charge on any atom is 0.303 e. The van der Waals surface area contributed by atoms with E-state index >= 15 is 0 Å². The summed E-state index contributed by atoms with van der Waals surface area (Å²) in [6.45, 7) is 10.8. The van der Waals surface area contributed by atoms with Crippen molar-refractivity contribution in [2.75, 3.05) is 0 Å². The van der Waals surface area contributed by atoms with Crippen molar-refractivity contribution in [2.45, 2.75) is 131 Å². The van der Waals surface area contributed by atoms with Crippen LogP contribution >= 0.6 is 0 Å². The van der Waals surface area contributed by atoms with E-state index in [0.29, 0.717) is 6.42 Å². The van der Waals surface area contributed by atoms with Crippen molar-refractivity contribution in [1.29, 1.82) is 0 Å². The molecule has 0 saturated carbocycles. The van der Waals surface area contributed by atoms with Crippen molar-refractivity contribution < 1.29 is 9.90 Å². The number of rotatable bonds is 13. The Balaban J connectivity index is -0.000000573. The van der Waals surface area contributed by atoms with E-state index in [9.17, 15) is 4.79 Å². The maximum absolute atomic E-state index is 10.3. The molecule has 0 saturated heterocycles. The summed E-state index contributed by atoms with van der Waals surface area (Å²) in [5.41, 5.74) is 0. The second-order valence-corrected chi connectivity index (χ2v) is 6.45. The summed E-state index contributed by atoms with van der Waals surface area (Å²) in [5.74, 6) is -0.655. The first-order chi connectivity index (χ1) is 11.1. The van der Waals surface area contributed by atoms with Crippen molar-refractivity contribution in [3.63, 3.8) is 0 Å². The molecule has 0 rings (SSSR count). The van der Waals surface area contributed by atoms with Crippen molar-refractivity contribution in [2.24, 2.45) is 0 Å². The molecule has 23 heavy (non-hydrogen) atoms. The molecule has 0 fully saturated rings. The molecule has 2 nitrogen and oxygen atoms in total. The van der Waals surface area contributed by atoms with Crippen LogP contribution in [0.25, 0.3) is 0 Å². The fourth-order valence-corrected chi connectivity index (χ4v) is 2.12. The Morgan fingerprint density at radius 1 is 0.565 bits per heavy atom. The van der Waals surface area contributed by atoms with E-state index in [2.05, 4.69) is 34.6 Å². The van der Waals surface area contributed by atoms with E-state index in [1.165, 1.54) is 77.0 Å². The highest BCUT2D eigenvalue weighted by atomic mass is 16.4. The number of carboxylic acids is 1. The van der Waals surface area contributed by atoms with E-state index in [4.69, 9.17) is 5.11 Å². The number of unbranched alkanes of at least 4 members (excludes halogenated alkanes) is 11. The third-order valence-electron chi connectivity index (χ3n) is 3.24. The number of hydrogen-bond acceptors (Lipinski definition) is 1. The molecule has 0 aliphatic rings. The first kappa shape index (κ1) is 27.3. The molecule has 0 atom stereocenters. The van der Waals surface area contributed by atoms with Crippen LogP contribution in [0.1, 0.15) is 131 Å². The van der Waals surface area contributed by atoms with Gasteiger partial charge in [0.05, 0.1) is 0 Å². The molecule has 142 valence electrons. The SMILES string of the molecule is CCC.CCC.CCCCCCCCCCCCCCC(=O)O. The zero-order valence-electron chi connectivity index (χ0n) is 17.0. The van der Waals surface area contributed by atoms with Gasteiger partial charge in [-0.05, 0) is 6.42 Å². The first-order valence-electron chi connectivity index (χ1n) is 10.3. The Hall–Kier alpha value is -0.530. The van der Waals surface area contributed by atoms with Gasteiger partial charge in [-0.1, -0.05) is 118 Å². The molecule has 0 aromatic heterocycles. The van der Waals surface area contributed by atoms with Gasteiger partial charge in [0.25, 0.3) is 0 Å². The van der Waals surface area contributed by atoms with Crippen LogP contribution in [-0.2, 0) is 4.79 Å². The van der Waals surface area contributed by atoms with Gasteiger partial charge >= 0.3 is 5.97 Å². The summed E-state index contributed by atoms with van der Waals surface area (Å²) in [6.07, 6.45) is 18.3. The molecule has 0 aliphatic carbocycles. The lowest BCUT2D eigenvalue weighted by molar-refractivity contribution is -0.137. The lowest BCUT2D eigenvalue weighted by Crippen LogP contribution is -1.93. The van der Waals surface area contributed by atoms with Crippen molar-refractivity contribution in [3.05, 3.63) is 0 Å². The molecule has 0 aromatic carbocycles. The van der Waals surface area contributed by atoms with Gasteiger partial charge in [-0.25, -0.2) is 0 Å². The molecule has 2 heteroatoms. The lowest BCUT2D eigenvalue weighted by Gasteiger charge is -2.02. The minimum Gasteiger partial charge on any atom is -0.481 e. The summed E-state index contributed by atoms with van der Waals surface area (Å²) in [7, 11) is 0. The Labute approximate surface area is 147 Å². The van der Waals surface area contributed by atoms with Crippen LogP contribution in [0.4, 0.5) is 0 Å². The topological polar surface area (TPSA) is 37.3 Å². The molecule has 0 spiro atoms. The highest BCUT2D eigenvalue weighted by Gasteiger charge is 1.96. The van der Waals surface area contributed by atoms with Crippen LogP contribution in [0, 0.1) is 0 Å². The molecule has 0 aromatic rings. The van der Waals surface area contributed by atoms with Gasteiger partial charge in [-0.2, -0.15) is 0 Å². The van der Waals surface area contributed by atoms with E-state index in [1.807, 2.05) is 0 Å². The predicted octanol–water partition coefficient (Wildman–Crippen LogP) is 7.99. The molecule has 0 amide bonds. The van der Waals surface area contributed by atoms with Gasteiger partial charge in [0.1, 0.15) is 0 Å². The van der Waals surface area contributed by atoms with Crippen molar-refractivity contribution >= 4 is 5.97 Å². The van der Waals surface area contributed by atoms with Crippen LogP contribution in [-0.4, -0.2) is 11.1 Å². The smallest absolute Gasteiger partial charge is 0.303 e. The molecule has 0 bridgehead atoms. The minimum atomic E-state index is -0.655. The average molecular weight is 331 g/mol. The summed E-state index contributed by atoms with van der Waals surface area (Å²) in [5, 5.41) is 8.47. The second-order valence-electron chi connectivity index (χ2n) is 6.45. The Morgan fingerprint density at radius 3 is 1.09 bits per heavy atom. The standard InChI is InChI=1S/C15H30O2.2C3H8/c1-2-3-4-5-6-7-8-9-10-11-12-13-14-15(16)17;2*1-3-2/h2-14H2,1H3,(H,16,17);2*3H2,1-2H3. The summed E-state index contributed by atoms with van der Waals surface area (Å²) in [4.78, 5) is 10.3. The molecule has 0 heterocycles. The van der Waals surface area contributed by atoms with Crippen LogP contribution in [0.15, 0.2) is 0 Å². The van der Waals surface area contributed by atoms with Crippen molar-refractivity contribution in [1.82, 2.24) is 0 Å². The Morgan fingerprint density at radius 2 is 0.826 bits per heavy atom. The van der Waals surface area contributed by atoms with Gasteiger partial charge in [0.15, 0.2) is 0 Å². The fraction of sp³-hybridized carbons (Fsp3) is 0.952. The minimum absolute atomic E-state index is 0.345. The molecule has 0 aliphatic heterocycles. The van der Waals surface area contributed by atoms with E-state index < -0.39 is 5.97 Å². The largest absolute Gasteiger partial charge is 0.481 e. The first-order valence-corrected chi connectivity index (χ1v) is 10.3. The van der Waals surface area contributed by atoms with Gasteiger partial charge < -0.3 is 5.11 Å². The lowest BCUT2D eigenvalue weighted by atomic mass is 10.0. The van der Waals surface area contributed by atoms with Gasteiger partial charge in [0.2, 0.25) is 0 Å². The summed E-state index contributed by atoms with van der Waals surface area (Å²) >= 11 is 0. The zero-order valence-corrected chi connectivity index (χ0v) is 17.0. The Bertz CT molecular complexity index is 188. The summed E-state index contributed by atoms with van der Waals surface area (Å²) in [6, 6.07) is 0. The van der Waals surface area contributed by atoms with Crippen LogP contribution < -0.4 is 0 Å². The highest BCUT2D eigenvalue weighted by molar-refractivity contribution is 5.66. The highest BCUT2D eigenvalue weighted by Crippen LogP contribution is 2.12. The van der Waals surface area contributed by atoms with Crippen molar-refractivity contribution in [3.8, 4) is 0 Å². The zero-order chi connectivity index (χ0) is 18.2. The normalized spacial score (nSPS) is 9.43. The van der Waals surface area contributed by atoms with E-state index in [0.717, 1.165) is 12.8 Å². The molecular weight excluding hydrogens is 284 g/mol. The van der Waals surface area contributed by atoms with Crippen LogP contribution in [0.5, 0.6) is 0 Å². The molecule has 1 N–H and O–H groups in total. The summed E-state index contributed by atoms with van der Waals surface area (Å²) < 4.78 is 0. The van der Waals surface area contributed by atoms with Crippen LogP contribution in [0.2, 0.25) is 0 Å². The number of hydrogen-bond donors (Lipinski definition) is 1. The fourth-order valence-electron chi connectivity index (χ4n) is 2.12. The third kappa shape index (κ3) is 44.9. The van der Waals surface area contributed by atoms with Gasteiger partial charge in [-0.3, -0.25) is 4.79 Å². The van der Waals surface area contributed by atoms with Crippen LogP contribution in [0.3, 0.4) is 0 Å². The predicted molar refractivity (Wildman–Crippen MR) is 105 cm³/mol. The molecule has 0 radical (unpaired) electrons. The average Bonchev–Trinajstić information content (AvgIpc) is 2.50. The molecular formula is C21H46O2. The van der Waals surface area contributed by atoms with Gasteiger partial charge in [-0.15, -0.1) is 0 Å². The maximum atomic E-state index is 10.3. The number of aliphatic carboxylic acids is 1. The molecule has 0 unspecified atom stereocenters. The van der Waals surface area contributed by atoms with E-state index in [-0.39, 0.29) is 0 Å². The van der Waals surface area contributed by atoms with E-state index in [1.54, 1.807) is 0 Å². The number of carboxylic acid groups (broad SMARTS) is 1. The van der Waals surface area contributed by atoms with Gasteiger partial charge in [0, 0.05) is 6.42 Å². The quantitative estimate of drug-likeness (QED) is 0.347. The second kappa shape index (κ2) is 29.5.